The SMILES string of the molecule is COc1ccc(CCN(C)c2nccc(OC)n2)cc1. The van der Waals surface area contributed by atoms with Gasteiger partial charge >= 0.3 is 0 Å². The molecule has 0 fully saturated rings. The summed E-state index contributed by atoms with van der Waals surface area (Å²) in [5.41, 5.74) is 1.25. The molecule has 0 spiro atoms. The minimum atomic E-state index is 0.575. The van der Waals surface area contributed by atoms with E-state index in [-0.39, 0.29) is 0 Å². The van der Waals surface area contributed by atoms with E-state index in [0.29, 0.717) is 11.8 Å². The molecule has 0 aliphatic carbocycles. The van der Waals surface area contributed by atoms with Gasteiger partial charge in [0.15, 0.2) is 0 Å². The largest absolute Gasteiger partial charge is 0.497 e. The molecule has 0 aliphatic heterocycles. The molecule has 0 amide bonds. The van der Waals surface area contributed by atoms with Crippen molar-refractivity contribution < 1.29 is 9.47 Å². The lowest BCUT2D eigenvalue weighted by Gasteiger charge is -2.17. The molecule has 0 radical (unpaired) electrons. The number of methoxy groups -OCH3 is 2. The predicted octanol–water partition coefficient (Wildman–Crippen LogP) is 2.17. The molecule has 0 aliphatic rings. The highest BCUT2D eigenvalue weighted by atomic mass is 16.5. The Morgan fingerprint density at radius 2 is 1.80 bits per heavy atom. The van der Waals surface area contributed by atoms with E-state index in [1.54, 1.807) is 26.5 Å². The van der Waals surface area contributed by atoms with Crippen LogP contribution in [-0.2, 0) is 6.42 Å². The van der Waals surface area contributed by atoms with Crippen LogP contribution in [0.15, 0.2) is 36.5 Å². The fraction of sp³-hybridized carbons (Fsp3) is 0.333. The van der Waals surface area contributed by atoms with E-state index in [1.807, 2.05) is 24.1 Å². The van der Waals surface area contributed by atoms with E-state index < -0.39 is 0 Å². The summed E-state index contributed by atoms with van der Waals surface area (Å²) in [4.78, 5) is 10.6. The summed E-state index contributed by atoms with van der Waals surface area (Å²) in [6.45, 7) is 0.833. The second-order valence-corrected chi connectivity index (χ2v) is 4.42. The number of aromatic nitrogens is 2. The second-order valence-electron chi connectivity index (χ2n) is 4.42. The van der Waals surface area contributed by atoms with Crippen LogP contribution >= 0.6 is 0 Å². The topological polar surface area (TPSA) is 47.5 Å². The Bertz CT molecular complexity index is 543. The number of anilines is 1. The average Bonchev–Trinajstić information content (AvgIpc) is 2.53. The van der Waals surface area contributed by atoms with Crippen LogP contribution in [0.4, 0.5) is 5.95 Å². The summed E-state index contributed by atoms with van der Waals surface area (Å²) in [6.07, 6.45) is 2.62. The van der Waals surface area contributed by atoms with Crippen LogP contribution in [0.5, 0.6) is 11.6 Å². The zero-order valence-electron chi connectivity index (χ0n) is 12.0. The Morgan fingerprint density at radius 1 is 1.05 bits per heavy atom. The summed E-state index contributed by atoms with van der Waals surface area (Å²) >= 11 is 0. The second kappa shape index (κ2) is 6.75. The lowest BCUT2D eigenvalue weighted by Crippen LogP contribution is -2.22. The maximum atomic E-state index is 5.15. The number of likely N-dealkylation sites (N-methyl/N-ethyl adjacent to an activating group) is 1. The molecule has 2 aromatic rings. The van der Waals surface area contributed by atoms with Gasteiger partial charge in [0.25, 0.3) is 0 Å². The molecule has 1 aromatic carbocycles. The molecule has 1 heterocycles. The molecule has 0 N–H and O–H groups in total. The van der Waals surface area contributed by atoms with Crippen molar-refractivity contribution >= 4 is 5.95 Å². The van der Waals surface area contributed by atoms with Crippen molar-refractivity contribution in [2.24, 2.45) is 0 Å². The standard InChI is InChI=1S/C15H19N3O2/c1-18(15-16-10-8-14(17-15)20-3)11-9-12-4-6-13(19-2)7-5-12/h4-8,10H,9,11H2,1-3H3. The number of nitrogens with zero attached hydrogens (tertiary/aromatic N) is 3. The number of hydrogen-bond donors (Lipinski definition) is 0. The molecule has 1 aromatic heterocycles. The predicted molar refractivity (Wildman–Crippen MR) is 78.6 cm³/mol. The van der Waals surface area contributed by atoms with E-state index in [4.69, 9.17) is 9.47 Å². The van der Waals surface area contributed by atoms with Gasteiger partial charge in [-0.1, -0.05) is 12.1 Å². The average molecular weight is 273 g/mol. The molecule has 106 valence electrons. The van der Waals surface area contributed by atoms with E-state index in [0.717, 1.165) is 18.7 Å². The van der Waals surface area contributed by atoms with Crippen LogP contribution < -0.4 is 14.4 Å². The Kier molecular flexibility index (Phi) is 4.76. The van der Waals surface area contributed by atoms with Crippen LogP contribution in [0.1, 0.15) is 5.56 Å². The van der Waals surface area contributed by atoms with E-state index >= 15 is 0 Å². The van der Waals surface area contributed by atoms with Crippen molar-refractivity contribution in [3.8, 4) is 11.6 Å². The molecule has 5 nitrogen and oxygen atoms in total. The molecule has 20 heavy (non-hydrogen) atoms. The Morgan fingerprint density at radius 3 is 2.45 bits per heavy atom. The van der Waals surface area contributed by atoms with E-state index in [9.17, 15) is 0 Å². The van der Waals surface area contributed by atoms with Gasteiger partial charge in [0.2, 0.25) is 11.8 Å². The normalized spacial score (nSPS) is 10.2. The van der Waals surface area contributed by atoms with Gasteiger partial charge in [-0.2, -0.15) is 4.98 Å². The first kappa shape index (κ1) is 14.1. The van der Waals surface area contributed by atoms with Crippen molar-refractivity contribution in [3.63, 3.8) is 0 Å². The highest BCUT2D eigenvalue weighted by Gasteiger charge is 2.06. The Hall–Kier alpha value is -2.30. The highest BCUT2D eigenvalue weighted by molar-refractivity contribution is 5.32. The number of benzene rings is 1. The van der Waals surface area contributed by atoms with Gasteiger partial charge in [-0.15, -0.1) is 0 Å². The maximum Gasteiger partial charge on any atom is 0.228 e. The van der Waals surface area contributed by atoms with Crippen LogP contribution in [0.3, 0.4) is 0 Å². The third-order valence-corrected chi connectivity index (χ3v) is 3.06. The van der Waals surface area contributed by atoms with Crippen molar-refractivity contribution in [1.29, 1.82) is 0 Å². The van der Waals surface area contributed by atoms with Crippen LogP contribution in [0.2, 0.25) is 0 Å². The first-order valence-electron chi connectivity index (χ1n) is 6.44. The minimum absolute atomic E-state index is 0.575. The molecule has 2 rings (SSSR count). The van der Waals surface area contributed by atoms with Crippen molar-refractivity contribution in [3.05, 3.63) is 42.1 Å². The maximum absolute atomic E-state index is 5.15. The first-order valence-corrected chi connectivity index (χ1v) is 6.44. The van der Waals surface area contributed by atoms with Gasteiger partial charge < -0.3 is 14.4 Å². The lowest BCUT2D eigenvalue weighted by atomic mass is 10.1. The van der Waals surface area contributed by atoms with Crippen molar-refractivity contribution in [2.45, 2.75) is 6.42 Å². The fourth-order valence-corrected chi connectivity index (χ4v) is 1.82. The molecular weight excluding hydrogens is 254 g/mol. The quantitative estimate of drug-likeness (QED) is 0.807. The van der Waals surface area contributed by atoms with Crippen molar-refractivity contribution in [2.75, 3.05) is 32.7 Å². The minimum Gasteiger partial charge on any atom is -0.497 e. The molecule has 0 bridgehead atoms. The van der Waals surface area contributed by atoms with Crippen molar-refractivity contribution in [1.82, 2.24) is 9.97 Å². The fourth-order valence-electron chi connectivity index (χ4n) is 1.82. The molecule has 0 saturated heterocycles. The first-order chi connectivity index (χ1) is 9.72. The lowest BCUT2D eigenvalue weighted by molar-refractivity contribution is 0.397. The van der Waals surface area contributed by atoms with Crippen LogP contribution in [-0.4, -0.2) is 37.8 Å². The van der Waals surface area contributed by atoms with E-state index in [2.05, 4.69) is 22.1 Å². The highest BCUT2D eigenvalue weighted by Crippen LogP contribution is 2.14. The summed E-state index contributed by atoms with van der Waals surface area (Å²) < 4.78 is 10.2. The summed E-state index contributed by atoms with van der Waals surface area (Å²) in [5, 5.41) is 0. The van der Waals surface area contributed by atoms with Crippen LogP contribution in [0, 0.1) is 0 Å². The zero-order valence-corrected chi connectivity index (χ0v) is 12.0. The van der Waals surface area contributed by atoms with Gasteiger partial charge in [0, 0.05) is 25.9 Å². The third-order valence-electron chi connectivity index (χ3n) is 3.06. The zero-order chi connectivity index (χ0) is 14.4. The molecule has 0 saturated carbocycles. The van der Waals surface area contributed by atoms with Gasteiger partial charge in [-0.05, 0) is 24.1 Å². The Labute approximate surface area is 119 Å². The summed E-state index contributed by atoms with van der Waals surface area (Å²) in [6, 6.07) is 9.81. The third kappa shape index (κ3) is 3.60. The smallest absolute Gasteiger partial charge is 0.228 e. The number of rotatable bonds is 6. The molecule has 5 heteroatoms. The molecular formula is C15H19N3O2. The van der Waals surface area contributed by atoms with Crippen LogP contribution in [0.25, 0.3) is 0 Å². The summed E-state index contributed by atoms with van der Waals surface area (Å²) in [5.74, 6) is 2.11. The Balaban J connectivity index is 1.95. The molecule has 0 unspecified atom stereocenters. The molecule has 0 atom stereocenters. The van der Waals surface area contributed by atoms with Gasteiger partial charge in [-0.25, -0.2) is 4.98 Å². The summed E-state index contributed by atoms with van der Waals surface area (Å²) in [7, 11) is 5.24. The van der Waals surface area contributed by atoms with Gasteiger partial charge in [-0.3, -0.25) is 0 Å². The number of hydrogen-bond acceptors (Lipinski definition) is 5. The van der Waals surface area contributed by atoms with E-state index in [1.165, 1.54) is 5.56 Å². The van der Waals surface area contributed by atoms with Gasteiger partial charge in [0.1, 0.15) is 5.75 Å². The van der Waals surface area contributed by atoms with Gasteiger partial charge in [0.05, 0.1) is 14.2 Å². The number of ether oxygens (including phenoxy) is 2. The monoisotopic (exact) mass is 273 g/mol.